The van der Waals surface area contributed by atoms with Gasteiger partial charge in [0.2, 0.25) is 0 Å². The van der Waals surface area contributed by atoms with E-state index >= 15 is 0 Å². The monoisotopic (exact) mass is 237 g/mol. The zero-order valence-corrected chi connectivity index (χ0v) is 10.4. The minimum absolute atomic E-state index is 0.0829. The SMILES string of the molecule is Cc1cc(C(=O)N[C@H](CO)C(C)C)ccc1O. The maximum atomic E-state index is 11.9. The fourth-order valence-corrected chi connectivity index (χ4v) is 1.47. The molecule has 1 amide bonds. The molecule has 94 valence electrons. The number of aryl methyl sites for hydroxylation is 1. The van der Waals surface area contributed by atoms with Crippen LogP contribution in [0, 0.1) is 12.8 Å². The highest BCUT2D eigenvalue weighted by Gasteiger charge is 2.16. The van der Waals surface area contributed by atoms with Crippen LogP contribution in [0.4, 0.5) is 0 Å². The number of carbonyl (C=O) groups excluding carboxylic acids is 1. The predicted octanol–water partition coefficient (Wildman–Crippen LogP) is 1.45. The third-order valence-corrected chi connectivity index (χ3v) is 2.78. The van der Waals surface area contributed by atoms with E-state index in [2.05, 4.69) is 5.32 Å². The fraction of sp³-hybridized carbons (Fsp3) is 0.462. The molecule has 4 nitrogen and oxygen atoms in total. The number of aliphatic hydroxyl groups excluding tert-OH is 1. The third kappa shape index (κ3) is 3.46. The van der Waals surface area contributed by atoms with Gasteiger partial charge in [-0.1, -0.05) is 13.8 Å². The van der Waals surface area contributed by atoms with Gasteiger partial charge in [0.05, 0.1) is 12.6 Å². The van der Waals surface area contributed by atoms with Gasteiger partial charge in [-0.15, -0.1) is 0 Å². The molecule has 0 unspecified atom stereocenters. The van der Waals surface area contributed by atoms with Crippen molar-refractivity contribution in [3.8, 4) is 5.75 Å². The van der Waals surface area contributed by atoms with Crippen molar-refractivity contribution < 1.29 is 15.0 Å². The molecule has 1 atom stereocenters. The molecule has 0 fully saturated rings. The smallest absolute Gasteiger partial charge is 0.251 e. The molecule has 1 rings (SSSR count). The second kappa shape index (κ2) is 5.68. The normalized spacial score (nSPS) is 12.5. The van der Waals surface area contributed by atoms with E-state index in [1.165, 1.54) is 6.07 Å². The largest absolute Gasteiger partial charge is 0.508 e. The quantitative estimate of drug-likeness (QED) is 0.742. The van der Waals surface area contributed by atoms with E-state index in [1.54, 1.807) is 19.1 Å². The van der Waals surface area contributed by atoms with Gasteiger partial charge in [-0.05, 0) is 36.6 Å². The first kappa shape index (κ1) is 13.5. The van der Waals surface area contributed by atoms with Crippen LogP contribution in [0.2, 0.25) is 0 Å². The molecule has 0 saturated carbocycles. The molecule has 1 aromatic carbocycles. The van der Waals surface area contributed by atoms with Crippen molar-refractivity contribution in [2.75, 3.05) is 6.61 Å². The van der Waals surface area contributed by atoms with Gasteiger partial charge in [-0.3, -0.25) is 4.79 Å². The zero-order valence-electron chi connectivity index (χ0n) is 10.4. The van der Waals surface area contributed by atoms with Gasteiger partial charge in [0.25, 0.3) is 5.91 Å². The Labute approximate surface area is 101 Å². The van der Waals surface area contributed by atoms with E-state index in [1.807, 2.05) is 13.8 Å². The van der Waals surface area contributed by atoms with E-state index < -0.39 is 0 Å². The van der Waals surface area contributed by atoms with Crippen LogP contribution in [0.15, 0.2) is 18.2 Å². The Morgan fingerprint density at radius 3 is 2.53 bits per heavy atom. The number of carbonyl (C=O) groups is 1. The van der Waals surface area contributed by atoms with Gasteiger partial charge in [0.1, 0.15) is 5.75 Å². The zero-order chi connectivity index (χ0) is 13.0. The maximum Gasteiger partial charge on any atom is 0.251 e. The van der Waals surface area contributed by atoms with Crippen LogP contribution in [0.3, 0.4) is 0 Å². The van der Waals surface area contributed by atoms with Crippen molar-refractivity contribution in [2.45, 2.75) is 26.8 Å². The number of nitrogens with one attached hydrogen (secondary N) is 1. The molecule has 0 saturated heterocycles. The molecular weight excluding hydrogens is 218 g/mol. The maximum absolute atomic E-state index is 11.9. The Hall–Kier alpha value is -1.55. The van der Waals surface area contributed by atoms with Crippen LogP contribution < -0.4 is 5.32 Å². The van der Waals surface area contributed by atoms with Crippen molar-refractivity contribution in [1.29, 1.82) is 0 Å². The van der Waals surface area contributed by atoms with Crippen molar-refractivity contribution in [3.05, 3.63) is 29.3 Å². The Morgan fingerprint density at radius 2 is 2.06 bits per heavy atom. The fourth-order valence-electron chi connectivity index (χ4n) is 1.47. The topological polar surface area (TPSA) is 69.6 Å². The number of hydrogen-bond donors (Lipinski definition) is 3. The van der Waals surface area contributed by atoms with Crippen molar-refractivity contribution in [3.63, 3.8) is 0 Å². The number of aliphatic hydroxyl groups is 1. The minimum Gasteiger partial charge on any atom is -0.508 e. The van der Waals surface area contributed by atoms with E-state index in [9.17, 15) is 9.90 Å². The molecule has 0 aromatic heterocycles. The Kier molecular flexibility index (Phi) is 4.52. The number of phenols is 1. The van der Waals surface area contributed by atoms with Crippen LogP contribution in [0.25, 0.3) is 0 Å². The highest BCUT2D eigenvalue weighted by molar-refractivity contribution is 5.94. The second-order valence-corrected chi connectivity index (χ2v) is 4.51. The number of phenolic OH excluding ortho intramolecular Hbond substituents is 1. The number of amides is 1. The first-order chi connectivity index (χ1) is 7.95. The lowest BCUT2D eigenvalue weighted by Gasteiger charge is -2.20. The van der Waals surface area contributed by atoms with Crippen molar-refractivity contribution in [2.24, 2.45) is 5.92 Å². The van der Waals surface area contributed by atoms with E-state index in [-0.39, 0.29) is 30.2 Å². The molecule has 4 heteroatoms. The third-order valence-electron chi connectivity index (χ3n) is 2.78. The predicted molar refractivity (Wildman–Crippen MR) is 66.0 cm³/mol. The first-order valence-corrected chi connectivity index (χ1v) is 5.67. The number of benzene rings is 1. The van der Waals surface area contributed by atoms with Gasteiger partial charge in [-0.2, -0.15) is 0 Å². The number of hydrogen-bond acceptors (Lipinski definition) is 3. The molecule has 3 N–H and O–H groups in total. The molecule has 0 radical (unpaired) electrons. The molecule has 0 aliphatic rings. The summed E-state index contributed by atoms with van der Waals surface area (Å²) in [6.45, 7) is 5.52. The van der Waals surface area contributed by atoms with Crippen LogP contribution in [0.5, 0.6) is 5.75 Å². The number of aromatic hydroxyl groups is 1. The van der Waals surface area contributed by atoms with Gasteiger partial charge in [0, 0.05) is 5.56 Å². The van der Waals surface area contributed by atoms with Crippen LogP contribution >= 0.6 is 0 Å². The molecule has 0 aliphatic heterocycles. The Morgan fingerprint density at radius 1 is 1.41 bits per heavy atom. The highest BCUT2D eigenvalue weighted by Crippen LogP contribution is 2.17. The molecule has 0 aliphatic carbocycles. The van der Waals surface area contributed by atoms with Gasteiger partial charge in [0.15, 0.2) is 0 Å². The van der Waals surface area contributed by atoms with Gasteiger partial charge >= 0.3 is 0 Å². The average molecular weight is 237 g/mol. The molecular formula is C13H19NO3. The molecule has 0 heterocycles. The summed E-state index contributed by atoms with van der Waals surface area (Å²) in [4.78, 5) is 11.9. The van der Waals surface area contributed by atoms with Gasteiger partial charge in [-0.25, -0.2) is 0 Å². The summed E-state index contributed by atoms with van der Waals surface area (Å²) >= 11 is 0. The van der Waals surface area contributed by atoms with E-state index in [0.29, 0.717) is 11.1 Å². The summed E-state index contributed by atoms with van der Waals surface area (Å²) in [5.74, 6) is 0.104. The standard InChI is InChI=1S/C13H19NO3/c1-8(2)11(7-15)14-13(17)10-4-5-12(16)9(3)6-10/h4-6,8,11,15-16H,7H2,1-3H3,(H,14,17)/t11-/m1/s1. The summed E-state index contributed by atoms with van der Waals surface area (Å²) in [5.41, 5.74) is 1.14. The van der Waals surface area contributed by atoms with Crippen LogP contribution in [-0.2, 0) is 0 Å². The summed E-state index contributed by atoms with van der Waals surface area (Å²) < 4.78 is 0. The minimum atomic E-state index is -0.253. The Bertz CT molecular complexity index is 402. The lowest BCUT2D eigenvalue weighted by atomic mass is 10.0. The lowest BCUT2D eigenvalue weighted by molar-refractivity contribution is 0.0897. The molecule has 0 spiro atoms. The highest BCUT2D eigenvalue weighted by atomic mass is 16.3. The summed E-state index contributed by atoms with van der Waals surface area (Å²) in [5, 5.41) is 21.3. The van der Waals surface area contributed by atoms with E-state index in [0.717, 1.165) is 0 Å². The van der Waals surface area contributed by atoms with Gasteiger partial charge < -0.3 is 15.5 Å². The van der Waals surface area contributed by atoms with Crippen LogP contribution in [0.1, 0.15) is 29.8 Å². The summed E-state index contributed by atoms with van der Waals surface area (Å²) in [7, 11) is 0. The van der Waals surface area contributed by atoms with Crippen LogP contribution in [-0.4, -0.2) is 28.8 Å². The van der Waals surface area contributed by atoms with E-state index in [4.69, 9.17) is 5.11 Å². The lowest BCUT2D eigenvalue weighted by Crippen LogP contribution is -2.41. The Balaban J connectivity index is 2.79. The van der Waals surface area contributed by atoms with Crippen molar-refractivity contribution in [1.82, 2.24) is 5.32 Å². The molecule has 0 bridgehead atoms. The first-order valence-electron chi connectivity index (χ1n) is 5.67. The second-order valence-electron chi connectivity index (χ2n) is 4.51. The average Bonchev–Trinajstić information content (AvgIpc) is 2.28. The summed E-state index contributed by atoms with van der Waals surface area (Å²) in [6.07, 6.45) is 0. The van der Waals surface area contributed by atoms with Crippen molar-refractivity contribution >= 4 is 5.91 Å². The summed E-state index contributed by atoms with van der Waals surface area (Å²) in [6, 6.07) is 4.43. The molecule has 1 aromatic rings. The number of rotatable bonds is 4. The molecule has 17 heavy (non-hydrogen) atoms.